The number of aromatic nitrogens is 6. The molecule has 3 atom stereocenters. The predicted octanol–water partition coefficient (Wildman–Crippen LogP) is -0.451. The van der Waals surface area contributed by atoms with E-state index in [4.69, 9.17) is 0 Å². The fourth-order valence-corrected chi connectivity index (χ4v) is 6.31. The van der Waals surface area contributed by atoms with Gasteiger partial charge in [0.1, 0.15) is 23.0 Å². The number of aryl methyl sites for hydroxylation is 1. The molecule has 0 spiro atoms. The van der Waals surface area contributed by atoms with Gasteiger partial charge < -0.3 is 10.4 Å². The molecule has 2 aliphatic rings. The minimum atomic E-state index is -1.23. The summed E-state index contributed by atoms with van der Waals surface area (Å²) in [6.07, 6.45) is 0. The number of nitrogens with zero attached hydrogens (tertiary/aromatic N) is 6. The molecule has 36 heavy (non-hydrogen) atoms. The van der Waals surface area contributed by atoms with E-state index in [-0.39, 0.29) is 17.3 Å². The number of carbonyl (C=O) groups is 3. The fourth-order valence-electron chi connectivity index (χ4n) is 3.97. The first kappa shape index (κ1) is 23.8. The third-order valence-corrected chi connectivity index (χ3v) is 8.07. The molecule has 3 N–H and O–H groups in total. The minimum Gasteiger partial charge on any atom is -0.477 e. The highest BCUT2D eigenvalue weighted by Gasteiger charge is 2.54. The highest BCUT2D eigenvalue weighted by atomic mass is 32.2. The number of rotatable bonds is 8. The molecule has 186 valence electrons. The van der Waals surface area contributed by atoms with Crippen LogP contribution in [0, 0.1) is 0 Å². The summed E-state index contributed by atoms with van der Waals surface area (Å²) in [5, 5.41) is 27.3. The predicted molar refractivity (Wildman–Crippen MR) is 125 cm³/mol. The fraction of sp³-hybridized carbons (Fsp3) is 0.300. The van der Waals surface area contributed by atoms with Crippen LogP contribution in [-0.4, -0.2) is 81.1 Å². The number of carbonyl (C=O) groups excluding carboxylic acids is 2. The van der Waals surface area contributed by atoms with Gasteiger partial charge in [0, 0.05) is 18.6 Å². The van der Waals surface area contributed by atoms with Crippen LogP contribution in [0.15, 0.2) is 56.1 Å². The van der Waals surface area contributed by atoms with Crippen molar-refractivity contribution in [2.45, 2.75) is 22.5 Å². The number of H-pyrrole nitrogens is 1. The van der Waals surface area contributed by atoms with Gasteiger partial charge in [-0.2, -0.15) is 0 Å². The molecule has 16 heteroatoms. The van der Waals surface area contributed by atoms with Gasteiger partial charge in [0.05, 0.1) is 0 Å². The number of benzene rings is 1. The standard InChI is InChI=1S/C20H18N8O6S2/c1-27-19(23-25-26-27)36-8-10-7-35-17-12(16(30)28(17)13(10)18(31)32)21-15(29)11(9-5-3-2-4-6-9)14-22-20(33)34-24-14/h2-6,11-12,17H,7-8H2,1H3,(H,21,29)(H,31,32)(H,22,24,33). The maximum absolute atomic E-state index is 13.3. The van der Waals surface area contributed by atoms with Crippen LogP contribution in [0.5, 0.6) is 0 Å². The zero-order valence-corrected chi connectivity index (χ0v) is 20.2. The maximum Gasteiger partial charge on any atom is 0.438 e. The number of aliphatic carboxylic acids is 1. The molecule has 2 aromatic heterocycles. The normalized spacial score (nSPS) is 20.0. The quantitative estimate of drug-likeness (QED) is 0.252. The molecule has 0 radical (unpaired) electrons. The topological polar surface area (TPSA) is 189 Å². The van der Waals surface area contributed by atoms with Gasteiger partial charge in [-0.25, -0.2) is 14.3 Å². The molecular weight excluding hydrogens is 512 g/mol. The molecule has 1 aromatic carbocycles. The first-order valence-electron chi connectivity index (χ1n) is 10.5. The van der Waals surface area contributed by atoms with Crippen molar-refractivity contribution in [3.05, 3.63) is 63.5 Å². The van der Waals surface area contributed by atoms with E-state index >= 15 is 0 Å². The van der Waals surface area contributed by atoms with E-state index in [1.807, 2.05) is 0 Å². The second kappa shape index (κ2) is 9.62. The van der Waals surface area contributed by atoms with Crippen LogP contribution in [0.3, 0.4) is 0 Å². The summed E-state index contributed by atoms with van der Waals surface area (Å²) in [6.45, 7) is 0. The van der Waals surface area contributed by atoms with E-state index in [2.05, 4.69) is 35.5 Å². The molecule has 5 rings (SSSR count). The summed E-state index contributed by atoms with van der Waals surface area (Å²) in [5.41, 5.74) is 0.984. The van der Waals surface area contributed by atoms with Crippen LogP contribution in [0.2, 0.25) is 0 Å². The molecule has 0 bridgehead atoms. The smallest absolute Gasteiger partial charge is 0.438 e. The van der Waals surface area contributed by atoms with E-state index in [0.29, 0.717) is 22.0 Å². The first-order valence-corrected chi connectivity index (χ1v) is 12.5. The van der Waals surface area contributed by atoms with Crippen molar-refractivity contribution in [1.29, 1.82) is 0 Å². The number of hydrogen-bond acceptors (Lipinski definition) is 11. The van der Waals surface area contributed by atoms with Gasteiger partial charge >= 0.3 is 11.7 Å². The minimum absolute atomic E-state index is 0.00711. The zero-order chi connectivity index (χ0) is 25.4. The summed E-state index contributed by atoms with van der Waals surface area (Å²) in [4.78, 5) is 53.5. The molecule has 3 aromatic rings. The van der Waals surface area contributed by atoms with Gasteiger partial charge in [-0.05, 0) is 21.6 Å². The molecule has 2 aliphatic heterocycles. The van der Waals surface area contributed by atoms with Crippen LogP contribution in [0.25, 0.3) is 0 Å². The van der Waals surface area contributed by atoms with Crippen LogP contribution in [-0.2, 0) is 21.4 Å². The lowest BCUT2D eigenvalue weighted by atomic mass is 9.95. The highest BCUT2D eigenvalue weighted by Crippen LogP contribution is 2.41. The van der Waals surface area contributed by atoms with E-state index < -0.39 is 40.9 Å². The van der Waals surface area contributed by atoms with Gasteiger partial charge in [-0.1, -0.05) is 47.3 Å². The lowest BCUT2D eigenvalue weighted by Crippen LogP contribution is -2.71. The summed E-state index contributed by atoms with van der Waals surface area (Å²) in [6, 6.07) is 7.64. The maximum atomic E-state index is 13.3. The number of carboxylic acid groups (broad SMARTS) is 1. The highest BCUT2D eigenvalue weighted by molar-refractivity contribution is 8.01. The molecular formula is C20H18N8O6S2. The van der Waals surface area contributed by atoms with E-state index in [0.717, 1.165) is 0 Å². The molecule has 1 saturated heterocycles. The summed E-state index contributed by atoms with van der Waals surface area (Å²) >= 11 is 2.61. The van der Waals surface area contributed by atoms with Gasteiger partial charge in [0.2, 0.25) is 11.1 Å². The van der Waals surface area contributed by atoms with Crippen molar-refractivity contribution < 1.29 is 24.0 Å². The van der Waals surface area contributed by atoms with Crippen molar-refractivity contribution in [3.63, 3.8) is 0 Å². The number of thioether (sulfide) groups is 2. The van der Waals surface area contributed by atoms with E-state index in [1.54, 1.807) is 37.4 Å². The molecule has 0 saturated carbocycles. The zero-order valence-electron chi connectivity index (χ0n) is 18.5. The average molecular weight is 531 g/mol. The first-order chi connectivity index (χ1) is 17.3. The molecule has 3 unspecified atom stereocenters. The van der Waals surface area contributed by atoms with Gasteiger partial charge in [0.25, 0.3) is 5.91 Å². The third kappa shape index (κ3) is 4.28. The monoisotopic (exact) mass is 530 g/mol. The van der Waals surface area contributed by atoms with Crippen molar-refractivity contribution in [2.24, 2.45) is 7.05 Å². The molecule has 2 amide bonds. The Hall–Kier alpha value is -3.92. The van der Waals surface area contributed by atoms with E-state index in [9.17, 15) is 24.3 Å². The number of nitrogens with one attached hydrogen (secondary N) is 2. The van der Waals surface area contributed by atoms with E-state index in [1.165, 1.54) is 33.1 Å². The van der Waals surface area contributed by atoms with Gasteiger partial charge in [0.15, 0.2) is 5.82 Å². The summed E-state index contributed by atoms with van der Waals surface area (Å²) in [7, 11) is 1.67. The van der Waals surface area contributed by atoms with Crippen LogP contribution in [0.1, 0.15) is 17.3 Å². The van der Waals surface area contributed by atoms with Crippen LogP contribution in [0.4, 0.5) is 0 Å². The number of tetrazole rings is 1. The molecule has 1 fully saturated rings. The number of aromatic amines is 1. The lowest BCUT2D eigenvalue weighted by Gasteiger charge is -2.49. The molecule has 0 aliphatic carbocycles. The largest absolute Gasteiger partial charge is 0.477 e. The lowest BCUT2D eigenvalue weighted by molar-refractivity contribution is -0.150. The van der Waals surface area contributed by atoms with Crippen molar-refractivity contribution in [2.75, 3.05) is 11.5 Å². The van der Waals surface area contributed by atoms with Crippen molar-refractivity contribution >= 4 is 41.3 Å². The second-order valence-electron chi connectivity index (χ2n) is 7.85. The number of fused-ring (bicyclic) bond motifs is 1. The van der Waals surface area contributed by atoms with Crippen LogP contribution >= 0.6 is 23.5 Å². The van der Waals surface area contributed by atoms with Crippen molar-refractivity contribution in [1.82, 2.24) is 40.6 Å². The Balaban J connectivity index is 1.35. The second-order valence-corrected chi connectivity index (χ2v) is 9.90. The molecule has 14 nitrogen and oxygen atoms in total. The number of hydrogen-bond donors (Lipinski definition) is 3. The average Bonchev–Trinajstić information content (AvgIpc) is 3.48. The summed E-state index contributed by atoms with van der Waals surface area (Å²) in [5.74, 6) is -3.58. The Morgan fingerprint density at radius 2 is 2.11 bits per heavy atom. The Bertz CT molecular complexity index is 1420. The Labute approximate surface area is 210 Å². The number of β-lactam (4-membered cyclic amide) rings is 1. The van der Waals surface area contributed by atoms with Crippen molar-refractivity contribution in [3.8, 4) is 0 Å². The SMILES string of the molecule is Cn1nnnc1SCC1=C(C(=O)O)N2C(=O)C(NC(=O)C(c3ccccc3)c3noc(=O)[nH]3)C2SC1. The third-order valence-electron chi connectivity index (χ3n) is 5.63. The number of amides is 2. The Morgan fingerprint density at radius 1 is 1.33 bits per heavy atom. The van der Waals surface area contributed by atoms with Crippen LogP contribution < -0.4 is 11.1 Å². The Kier molecular flexibility index (Phi) is 6.36. The molecule has 4 heterocycles. The Morgan fingerprint density at radius 3 is 2.75 bits per heavy atom. The van der Waals surface area contributed by atoms with Gasteiger partial charge in [-0.15, -0.1) is 16.9 Å². The summed E-state index contributed by atoms with van der Waals surface area (Å²) < 4.78 is 6.04. The van der Waals surface area contributed by atoms with Gasteiger partial charge in [-0.3, -0.25) is 24.0 Å². The number of carboxylic acids is 1.